The number of nitrogens with two attached hydrogens (primary N) is 1. The van der Waals surface area contributed by atoms with Gasteiger partial charge in [-0.3, -0.25) is 5.10 Å². The number of anilines is 1. The minimum Gasteiger partial charge on any atom is -0.380 e. The van der Waals surface area contributed by atoms with E-state index >= 15 is 0 Å². The lowest BCUT2D eigenvalue weighted by Crippen LogP contribution is -2.11. The molecule has 3 N–H and O–H groups in total. The molecule has 1 aromatic rings. The van der Waals surface area contributed by atoms with Crippen molar-refractivity contribution in [2.75, 3.05) is 5.73 Å². The topological polar surface area (TPSA) is 63.9 Å². The molecule has 0 radical (unpaired) electrons. The molecule has 1 fully saturated rings. The molecule has 5 heteroatoms. The van der Waals surface area contributed by atoms with E-state index in [9.17, 15) is 4.39 Å². The van der Waals surface area contributed by atoms with E-state index in [1.165, 1.54) is 0 Å². The Morgan fingerprint density at radius 1 is 1.57 bits per heavy atom. The highest BCUT2D eigenvalue weighted by atomic mass is 19.1. The SMILES string of the molecule is CC1CC(c2[nH]nc(N)c2F)C(C)O1. The lowest BCUT2D eigenvalue weighted by Gasteiger charge is -2.11. The Labute approximate surface area is 81.6 Å². The molecule has 14 heavy (non-hydrogen) atoms. The highest BCUT2D eigenvalue weighted by Crippen LogP contribution is 2.35. The van der Waals surface area contributed by atoms with E-state index in [2.05, 4.69) is 10.2 Å². The lowest BCUT2D eigenvalue weighted by molar-refractivity contribution is 0.0627. The number of nitrogens with zero attached hydrogens (tertiary/aromatic N) is 1. The van der Waals surface area contributed by atoms with Crippen molar-refractivity contribution in [2.45, 2.75) is 38.4 Å². The van der Waals surface area contributed by atoms with Gasteiger partial charge in [0.15, 0.2) is 11.6 Å². The van der Waals surface area contributed by atoms with Crippen LogP contribution in [-0.2, 0) is 4.74 Å². The Bertz CT molecular complexity index is 339. The standard InChI is InChI=1S/C9H14FN3O/c1-4-3-6(5(2)14-4)8-7(10)9(11)13-12-8/h4-6H,3H2,1-2H3,(H3,11,12,13). The lowest BCUT2D eigenvalue weighted by atomic mass is 9.96. The van der Waals surface area contributed by atoms with Crippen LogP contribution in [0.15, 0.2) is 0 Å². The van der Waals surface area contributed by atoms with Crippen LogP contribution in [-0.4, -0.2) is 22.4 Å². The van der Waals surface area contributed by atoms with E-state index in [4.69, 9.17) is 10.5 Å². The average molecular weight is 199 g/mol. The Hall–Kier alpha value is -1.10. The summed E-state index contributed by atoms with van der Waals surface area (Å²) >= 11 is 0. The van der Waals surface area contributed by atoms with Crippen LogP contribution in [0.25, 0.3) is 0 Å². The van der Waals surface area contributed by atoms with Crippen LogP contribution >= 0.6 is 0 Å². The Balaban J connectivity index is 2.27. The van der Waals surface area contributed by atoms with Crippen LogP contribution in [0.3, 0.4) is 0 Å². The fourth-order valence-corrected chi connectivity index (χ4v) is 2.02. The summed E-state index contributed by atoms with van der Waals surface area (Å²) in [7, 11) is 0. The maximum Gasteiger partial charge on any atom is 0.188 e. The minimum absolute atomic E-state index is 0.0133. The van der Waals surface area contributed by atoms with Gasteiger partial charge in [0.25, 0.3) is 0 Å². The number of nitrogen functional groups attached to an aromatic ring is 1. The second kappa shape index (κ2) is 3.24. The number of H-pyrrole nitrogens is 1. The molecule has 2 heterocycles. The molecule has 0 spiro atoms. The smallest absolute Gasteiger partial charge is 0.188 e. The molecule has 1 aliphatic heterocycles. The van der Waals surface area contributed by atoms with Crippen molar-refractivity contribution >= 4 is 5.82 Å². The zero-order valence-electron chi connectivity index (χ0n) is 8.25. The molecule has 78 valence electrons. The molecular formula is C9H14FN3O. The van der Waals surface area contributed by atoms with E-state index in [-0.39, 0.29) is 23.9 Å². The van der Waals surface area contributed by atoms with Gasteiger partial charge >= 0.3 is 0 Å². The van der Waals surface area contributed by atoms with Crippen molar-refractivity contribution in [3.8, 4) is 0 Å². The van der Waals surface area contributed by atoms with E-state index in [0.717, 1.165) is 6.42 Å². The maximum absolute atomic E-state index is 13.4. The molecule has 1 saturated heterocycles. The molecule has 2 rings (SSSR count). The number of aromatic nitrogens is 2. The Kier molecular flexibility index (Phi) is 2.19. The van der Waals surface area contributed by atoms with Crippen LogP contribution in [0.5, 0.6) is 0 Å². The predicted octanol–water partition coefficient (Wildman–Crippen LogP) is 1.41. The van der Waals surface area contributed by atoms with Gasteiger partial charge in [-0.05, 0) is 20.3 Å². The van der Waals surface area contributed by atoms with Gasteiger partial charge in [0.1, 0.15) is 0 Å². The van der Waals surface area contributed by atoms with Crippen LogP contribution < -0.4 is 5.73 Å². The molecule has 4 nitrogen and oxygen atoms in total. The average Bonchev–Trinajstić information content (AvgIpc) is 2.59. The monoisotopic (exact) mass is 199 g/mol. The third-order valence-corrected chi connectivity index (χ3v) is 2.73. The summed E-state index contributed by atoms with van der Waals surface area (Å²) in [6.07, 6.45) is 0.984. The summed E-state index contributed by atoms with van der Waals surface area (Å²) in [5, 5.41) is 6.28. The van der Waals surface area contributed by atoms with Crippen molar-refractivity contribution in [3.63, 3.8) is 0 Å². The molecule has 3 unspecified atom stereocenters. The molecule has 3 atom stereocenters. The van der Waals surface area contributed by atoms with Gasteiger partial charge in [0.2, 0.25) is 0 Å². The van der Waals surface area contributed by atoms with Crippen molar-refractivity contribution in [1.82, 2.24) is 10.2 Å². The Morgan fingerprint density at radius 3 is 2.71 bits per heavy atom. The van der Waals surface area contributed by atoms with Crippen LogP contribution in [0, 0.1) is 5.82 Å². The van der Waals surface area contributed by atoms with E-state index in [1.807, 2.05) is 13.8 Å². The van der Waals surface area contributed by atoms with Crippen molar-refractivity contribution < 1.29 is 9.13 Å². The predicted molar refractivity (Wildman–Crippen MR) is 50.3 cm³/mol. The maximum atomic E-state index is 13.4. The Morgan fingerprint density at radius 2 is 2.29 bits per heavy atom. The zero-order chi connectivity index (χ0) is 10.3. The van der Waals surface area contributed by atoms with Gasteiger partial charge in [-0.2, -0.15) is 5.10 Å². The first kappa shape index (κ1) is 9.45. The fourth-order valence-electron chi connectivity index (χ4n) is 2.02. The highest BCUT2D eigenvalue weighted by Gasteiger charge is 2.34. The first-order valence-corrected chi connectivity index (χ1v) is 4.74. The van der Waals surface area contributed by atoms with E-state index in [0.29, 0.717) is 5.69 Å². The summed E-state index contributed by atoms with van der Waals surface area (Å²) in [6, 6.07) is 0. The third kappa shape index (κ3) is 1.37. The summed E-state index contributed by atoms with van der Waals surface area (Å²) < 4.78 is 19.0. The molecule has 0 aliphatic carbocycles. The number of hydrogen-bond donors (Lipinski definition) is 2. The second-order valence-electron chi connectivity index (χ2n) is 3.83. The minimum atomic E-state index is -0.431. The summed E-state index contributed by atoms with van der Waals surface area (Å²) in [5.74, 6) is -0.457. The molecular weight excluding hydrogens is 185 g/mol. The summed E-state index contributed by atoms with van der Waals surface area (Å²) in [6.45, 7) is 3.92. The normalized spacial score (nSPS) is 32.4. The second-order valence-corrected chi connectivity index (χ2v) is 3.83. The number of nitrogens with one attached hydrogen (secondary N) is 1. The molecule has 1 aliphatic rings. The summed E-state index contributed by atoms with van der Waals surface area (Å²) in [5.41, 5.74) is 5.80. The van der Waals surface area contributed by atoms with Gasteiger partial charge in [-0.1, -0.05) is 0 Å². The molecule has 0 amide bonds. The van der Waals surface area contributed by atoms with Gasteiger partial charge in [0, 0.05) is 5.92 Å². The highest BCUT2D eigenvalue weighted by molar-refractivity contribution is 5.33. The quantitative estimate of drug-likeness (QED) is 0.718. The molecule has 0 aromatic carbocycles. The van der Waals surface area contributed by atoms with Crippen molar-refractivity contribution in [3.05, 3.63) is 11.5 Å². The molecule has 0 bridgehead atoms. The van der Waals surface area contributed by atoms with E-state index in [1.54, 1.807) is 0 Å². The van der Waals surface area contributed by atoms with Gasteiger partial charge in [0.05, 0.1) is 17.9 Å². The van der Waals surface area contributed by atoms with E-state index < -0.39 is 5.82 Å². The van der Waals surface area contributed by atoms with Gasteiger partial charge in [-0.25, -0.2) is 4.39 Å². The fraction of sp³-hybridized carbons (Fsp3) is 0.667. The number of hydrogen-bond acceptors (Lipinski definition) is 3. The zero-order valence-corrected chi connectivity index (χ0v) is 8.25. The van der Waals surface area contributed by atoms with Crippen molar-refractivity contribution in [1.29, 1.82) is 0 Å². The first-order valence-electron chi connectivity index (χ1n) is 4.74. The third-order valence-electron chi connectivity index (χ3n) is 2.73. The number of rotatable bonds is 1. The molecule has 0 saturated carbocycles. The number of aromatic amines is 1. The number of halogens is 1. The summed E-state index contributed by atoms with van der Waals surface area (Å²) in [4.78, 5) is 0. The number of ether oxygens (including phenoxy) is 1. The molecule has 1 aromatic heterocycles. The van der Waals surface area contributed by atoms with Crippen LogP contribution in [0.2, 0.25) is 0 Å². The van der Waals surface area contributed by atoms with Gasteiger partial charge < -0.3 is 10.5 Å². The van der Waals surface area contributed by atoms with Gasteiger partial charge in [-0.15, -0.1) is 0 Å². The van der Waals surface area contributed by atoms with Crippen LogP contribution in [0.1, 0.15) is 31.9 Å². The van der Waals surface area contributed by atoms with Crippen molar-refractivity contribution in [2.24, 2.45) is 0 Å². The first-order chi connectivity index (χ1) is 6.59. The van der Waals surface area contributed by atoms with Crippen LogP contribution in [0.4, 0.5) is 10.2 Å². The largest absolute Gasteiger partial charge is 0.380 e.